The van der Waals surface area contributed by atoms with Crippen LogP contribution in [0.5, 0.6) is 0 Å². The lowest BCUT2D eigenvalue weighted by Crippen LogP contribution is -2.43. The first-order valence-electron chi connectivity index (χ1n) is 8.36. The number of hydrogen-bond acceptors (Lipinski definition) is 2. The van der Waals surface area contributed by atoms with Gasteiger partial charge in [0.15, 0.2) is 0 Å². The highest BCUT2D eigenvalue weighted by molar-refractivity contribution is 5.85. The highest BCUT2D eigenvalue weighted by Crippen LogP contribution is 2.33. The molecule has 112 valence electrons. The van der Waals surface area contributed by atoms with Gasteiger partial charge in [0.05, 0.1) is 0 Å². The zero-order valence-corrected chi connectivity index (χ0v) is 13.1. The Hall–Kier alpha value is 0.210. The third kappa shape index (κ3) is 4.91. The third-order valence-corrected chi connectivity index (χ3v) is 5.23. The van der Waals surface area contributed by atoms with E-state index in [0.717, 1.165) is 17.9 Å². The van der Waals surface area contributed by atoms with Crippen molar-refractivity contribution in [1.29, 1.82) is 0 Å². The van der Waals surface area contributed by atoms with Gasteiger partial charge in [0.25, 0.3) is 0 Å². The van der Waals surface area contributed by atoms with Crippen molar-refractivity contribution in [3.8, 4) is 0 Å². The molecule has 0 radical (unpaired) electrons. The van der Waals surface area contributed by atoms with E-state index in [4.69, 9.17) is 0 Å². The van der Waals surface area contributed by atoms with Gasteiger partial charge in [-0.25, -0.2) is 0 Å². The standard InChI is InChI=1S/C16H30N2.ClH/c1-2-4-16(5-3-1)18(12-14-6-7-14)13-15-8-10-17-11-9-15;/h14-17H,1-13H2;1H. The Balaban J connectivity index is 0.00000133. The monoisotopic (exact) mass is 286 g/mol. The minimum absolute atomic E-state index is 0. The van der Waals surface area contributed by atoms with Gasteiger partial charge >= 0.3 is 0 Å². The van der Waals surface area contributed by atoms with Crippen LogP contribution >= 0.6 is 12.4 Å². The van der Waals surface area contributed by atoms with Gasteiger partial charge in [0.1, 0.15) is 0 Å². The van der Waals surface area contributed by atoms with Crippen LogP contribution in [0.2, 0.25) is 0 Å². The average Bonchev–Trinajstić information content (AvgIpc) is 3.24. The molecule has 1 saturated heterocycles. The van der Waals surface area contributed by atoms with Crippen LogP contribution in [-0.4, -0.2) is 37.1 Å². The molecule has 1 aliphatic heterocycles. The normalized spacial score (nSPS) is 26.4. The van der Waals surface area contributed by atoms with Crippen LogP contribution in [0.4, 0.5) is 0 Å². The summed E-state index contributed by atoms with van der Waals surface area (Å²) in [5.41, 5.74) is 0. The van der Waals surface area contributed by atoms with Crippen molar-refractivity contribution in [2.75, 3.05) is 26.2 Å². The molecule has 2 nitrogen and oxygen atoms in total. The van der Waals surface area contributed by atoms with E-state index in [-0.39, 0.29) is 12.4 Å². The van der Waals surface area contributed by atoms with Gasteiger partial charge in [-0.2, -0.15) is 0 Å². The quantitative estimate of drug-likeness (QED) is 0.833. The SMILES string of the molecule is C1CCC(N(CC2CCNCC2)CC2CC2)CC1.Cl. The maximum Gasteiger partial charge on any atom is 0.00954 e. The molecule has 0 spiro atoms. The summed E-state index contributed by atoms with van der Waals surface area (Å²) in [5.74, 6) is 2.04. The molecule has 3 fully saturated rings. The molecule has 3 heteroatoms. The van der Waals surface area contributed by atoms with Crippen molar-refractivity contribution < 1.29 is 0 Å². The topological polar surface area (TPSA) is 15.3 Å². The fourth-order valence-electron chi connectivity index (χ4n) is 3.85. The van der Waals surface area contributed by atoms with Crippen LogP contribution < -0.4 is 5.32 Å². The second kappa shape index (κ2) is 7.85. The smallest absolute Gasteiger partial charge is 0.00954 e. The second-order valence-electron chi connectivity index (χ2n) is 6.88. The first-order chi connectivity index (χ1) is 8.92. The van der Waals surface area contributed by atoms with Crippen molar-refractivity contribution in [3.05, 3.63) is 0 Å². The van der Waals surface area contributed by atoms with Crippen LogP contribution in [0.3, 0.4) is 0 Å². The van der Waals surface area contributed by atoms with E-state index in [1.807, 2.05) is 0 Å². The predicted octanol–water partition coefficient (Wildman–Crippen LogP) is 3.45. The molecular formula is C16H31ClN2. The molecule has 19 heavy (non-hydrogen) atoms. The molecule has 0 aromatic rings. The summed E-state index contributed by atoms with van der Waals surface area (Å²) >= 11 is 0. The minimum Gasteiger partial charge on any atom is -0.317 e. The summed E-state index contributed by atoms with van der Waals surface area (Å²) in [4.78, 5) is 2.91. The number of hydrogen-bond donors (Lipinski definition) is 1. The summed E-state index contributed by atoms with van der Waals surface area (Å²) in [7, 11) is 0. The molecule has 3 rings (SSSR count). The average molecular weight is 287 g/mol. The fourth-order valence-corrected chi connectivity index (χ4v) is 3.85. The van der Waals surface area contributed by atoms with E-state index in [0.29, 0.717) is 0 Å². The maximum absolute atomic E-state index is 3.50. The zero-order chi connectivity index (χ0) is 12.2. The van der Waals surface area contributed by atoms with Crippen LogP contribution in [0.15, 0.2) is 0 Å². The van der Waals surface area contributed by atoms with Gasteiger partial charge in [-0.15, -0.1) is 12.4 Å². The molecule has 0 bridgehead atoms. The molecule has 0 aromatic carbocycles. The summed E-state index contributed by atoms with van der Waals surface area (Å²) < 4.78 is 0. The number of nitrogens with zero attached hydrogens (tertiary/aromatic N) is 1. The molecule has 0 aromatic heterocycles. The molecule has 0 atom stereocenters. The van der Waals surface area contributed by atoms with E-state index in [1.165, 1.54) is 84.0 Å². The van der Waals surface area contributed by atoms with Crippen LogP contribution in [0.25, 0.3) is 0 Å². The Morgan fingerprint density at radius 1 is 0.737 bits per heavy atom. The van der Waals surface area contributed by atoms with Crippen molar-refractivity contribution in [2.24, 2.45) is 11.8 Å². The Kier molecular flexibility index (Phi) is 6.44. The predicted molar refractivity (Wildman–Crippen MR) is 84.0 cm³/mol. The Labute approximate surface area is 125 Å². The molecule has 0 unspecified atom stereocenters. The Morgan fingerprint density at radius 2 is 1.32 bits per heavy atom. The number of piperidine rings is 1. The largest absolute Gasteiger partial charge is 0.317 e. The van der Waals surface area contributed by atoms with Crippen molar-refractivity contribution in [2.45, 2.75) is 63.8 Å². The van der Waals surface area contributed by atoms with Crippen molar-refractivity contribution in [3.63, 3.8) is 0 Å². The lowest BCUT2D eigenvalue weighted by atomic mass is 9.91. The lowest BCUT2D eigenvalue weighted by Gasteiger charge is -2.38. The highest BCUT2D eigenvalue weighted by Gasteiger charge is 2.30. The minimum atomic E-state index is 0. The van der Waals surface area contributed by atoms with E-state index < -0.39 is 0 Å². The molecule has 2 aliphatic carbocycles. The molecule has 2 saturated carbocycles. The first-order valence-corrected chi connectivity index (χ1v) is 8.36. The van der Waals surface area contributed by atoms with Gasteiger partial charge in [-0.3, -0.25) is 4.90 Å². The van der Waals surface area contributed by atoms with Gasteiger partial charge in [0, 0.05) is 19.1 Å². The second-order valence-corrected chi connectivity index (χ2v) is 6.88. The Bertz CT molecular complexity index is 243. The molecule has 0 amide bonds. The van der Waals surface area contributed by atoms with Crippen LogP contribution in [0.1, 0.15) is 57.8 Å². The maximum atomic E-state index is 3.50. The van der Waals surface area contributed by atoms with Crippen molar-refractivity contribution in [1.82, 2.24) is 10.2 Å². The first kappa shape index (κ1) is 15.6. The molecule has 3 aliphatic rings. The summed E-state index contributed by atoms with van der Waals surface area (Å²) in [6, 6.07) is 0.939. The van der Waals surface area contributed by atoms with Gasteiger partial charge in [0.2, 0.25) is 0 Å². The summed E-state index contributed by atoms with van der Waals surface area (Å²) in [6.07, 6.45) is 13.3. The Morgan fingerprint density at radius 3 is 1.89 bits per heavy atom. The fraction of sp³-hybridized carbons (Fsp3) is 1.00. The number of nitrogens with one attached hydrogen (secondary N) is 1. The van der Waals surface area contributed by atoms with Crippen LogP contribution in [0, 0.1) is 11.8 Å². The molecule has 1 N–H and O–H groups in total. The summed E-state index contributed by atoms with van der Waals surface area (Å²) in [6.45, 7) is 5.34. The van der Waals surface area contributed by atoms with E-state index in [1.54, 1.807) is 0 Å². The van der Waals surface area contributed by atoms with Crippen LogP contribution in [-0.2, 0) is 0 Å². The van der Waals surface area contributed by atoms with E-state index in [9.17, 15) is 0 Å². The van der Waals surface area contributed by atoms with E-state index >= 15 is 0 Å². The number of halogens is 1. The molecule has 1 heterocycles. The third-order valence-electron chi connectivity index (χ3n) is 5.23. The highest BCUT2D eigenvalue weighted by atomic mass is 35.5. The lowest BCUT2D eigenvalue weighted by molar-refractivity contribution is 0.117. The van der Waals surface area contributed by atoms with Gasteiger partial charge < -0.3 is 5.32 Å². The zero-order valence-electron chi connectivity index (χ0n) is 12.3. The molecular weight excluding hydrogens is 256 g/mol. The van der Waals surface area contributed by atoms with Gasteiger partial charge in [-0.05, 0) is 63.5 Å². The summed E-state index contributed by atoms with van der Waals surface area (Å²) in [5, 5.41) is 3.50. The van der Waals surface area contributed by atoms with Crippen molar-refractivity contribution >= 4 is 12.4 Å². The van der Waals surface area contributed by atoms with E-state index in [2.05, 4.69) is 10.2 Å². The van der Waals surface area contributed by atoms with Gasteiger partial charge in [-0.1, -0.05) is 19.3 Å². The number of rotatable bonds is 5.